The van der Waals surface area contributed by atoms with Crippen molar-refractivity contribution < 1.29 is 35.9 Å². The molecule has 1 aromatic carbocycles. The molecule has 202 valence electrons. The van der Waals surface area contributed by atoms with Gasteiger partial charge < -0.3 is 27.0 Å². The zero-order valence-electron chi connectivity index (χ0n) is 19.6. The number of rotatable bonds is 7. The van der Waals surface area contributed by atoms with Crippen LogP contribution >= 0.6 is 0 Å². The Hall–Kier alpha value is -2.86. The predicted octanol–water partition coefficient (Wildman–Crippen LogP) is 4.19. The highest BCUT2D eigenvalue weighted by Crippen LogP contribution is 2.39. The Balaban J connectivity index is 1.78. The summed E-state index contributed by atoms with van der Waals surface area (Å²) >= 11 is 0. The van der Waals surface area contributed by atoms with Crippen molar-refractivity contribution in [1.29, 1.82) is 0 Å². The molecule has 3 rings (SSSR count). The quantitative estimate of drug-likeness (QED) is 0.316. The van der Waals surface area contributed by atoms with E-state index in [2.05, 4.69) is 10.6 Å². The highest BCUT2D eigenvalue weighted by Gasteiger charge is 2.43. The van der Waals surface area contributed by atoms with Gasteiger partial charge in [-0.15, -0.1) is 0 Å². The lowest BCUT2D eigenvalue weighted by molar-refractivity contribution is -0.182. The second-order valence-corrected chi connectivity index (χ2v) is 9.47. The van der Waals surface area contributed by atoms with Gasteiger partial charge in [0, 0.05) is 32.1 Å². The number of halogens is 6. The van der Waals surface area contributed by atoms with E-state index in [1.165, 1.54) is 6.07 Å². The molecule has 0 radical (unpaired) electrons. The van der Waals surface area contributed by atoms with E-state index in [4.69, 9.17) is 11.5 Å². The van der Waals surface area contributed by atoms with E-state index in [9.17, 15) is 35.9 Å². The first kappa shape index (κ1) is 27.7. The average molecular weight is 524 g/mol. The topological polar surface area (TPSA) is 113 Å². The van der Waals surface area contributed by atoms with E-state index in [-0.39, 0.29) is 75.8 Å². The molecule has 2 aliphatic rings. The molecule has 0 spiro atoms. The van der Waals surface area contributed by atoms with Crippen LogP contribution < -0.4 is 27.0 Å². The summed E-state index contributed by atoms with van der Waals surface area (Å²) in [5, 5.41) is 5.73. The van der Waals surface area contributed by atoms with Gasteiger partial charge in [-0.3, -0.25) is 9.59 Å². The number of carbonyl (C=O) groups excluding carboxylic acids is 2. The van der Waals surface area contributed by atoms with Gasteiger partial charge in [-0.05, 0) is 50.7 Å². The molecular weight excluding hydrogens is 492 g/mol. The lowest BCUT2D eigenvalue weighted by Crippen LogP contribution is -2.42. The van der Waals surface area contributed by atoms with Crippen LogP contribution in [-0.4, -0.2) is 49.8 Å². The summed E-state index contributed by atoms with van der Waals surface area (Å²) in [6.07, 6.45) is -8.65. The molecule has 0 bridgehead atoms. The van der Waals surface area contributed by atoms with Crippen LogP contribution in [0.4, 0.5) is 43.4 Å². The first-order valence-corrected chi connectivity index (χ1v) is 11.9. The van der Waals surface area contributed by atoms with Crippen molar-refractivity contribution in [2.24, 2.45) is 17.6 Å². The van der Waals surface area contributed by atoms with Crippen molar-refractivity contribution in [1.82, 2.24) is 5.32 Å². The van der Waals surface area contributed by atoms with Crippen LogP contribution in [0.5, 0.6) is 0 Å². The molecule has 1 saturated heterocycles. The standard InChI is InChI=1S/C23H31F6N5O2/c24-22(25,26)13-1-3-15(4-2-13)33-21(36)16-11-17(30)18(32-8-5-20(31)35)12-19(16)34-9-6-14(7-10-34)23(27,28)29/h11-15,32H,1-10,30H2,(H2,31,35)(H,33,36). The fourth-order valence-corrected chi connectivity index (χ4v) is 4.80. The molecule has 7 nitrogen and oxygen atoms in total. The molecule has 13 heteroatoms. The number of primary amides is 1. The molecule has 0 aromatic heterocycles. The van der Waals surface area contributed by atoms with Crippen LogP contribution in [0.1, 0.15) is 55.3 Å². The number of nitrogens with two attached hydrogens (primary N) is 2. The monoisotopic (exact) mass is 523 g/mol. The van der Waals surface area contributed by atoms with Crippen molar-refractivity contribution in [3.63, 3.8) is 0 Å². The minimum atomic E-state index is -4.30. The minimum absolute atomic E-state index is 0.0224. The molecule has 1 aromatic rings. The lowest BCUT2D eigenvalue weighted by Gasteiger charge is -2.36. The molecule has 6 N–H and O–H groups in total. The average Bonchev–Trinajstić information content (AvgIpc) is 2.79. The van der Waals surface area contributed by atoms with Gasteiger partial charge in [-0.25, -0.2) is 0 Å². The van der Waals surface area contributed by atoms with E-state index in [1.807, 2.05) is 0 Å². The number of nitrogen functional groups attached to an aromatic ring is 1. The van der Waals surface area contributed by atoms with Crippen LogP contribution in [0.2, 0.25) is 0 Å². The Kier molecular flexibility index (Phi) is 8.50. The maximum Gasteiger partial charge on any atom is 0.391 e. The number of amides is 2. The molecule has 0 unspecified atom stereocenters. The van der Waals surface area contributed by atoms with Gasteiger partial charge in [-0.2, -0.15) is 26.3 Å². The number of hydrogen-bond acceptors (Lipinski definition) is 5. The molecule has 1 heterocycles. The summed E-state index contributed by atoms with van der Waals surface area (Å²) < 4.78 is 78.3. The van der Waals surface area contributed by atoms with Gasteiger partial charge in [0.25, 0.3) is 5.91 Å². The van der Waals surface area contributed by atoms with Crippen molar-refractivity contribution in [3.05, 3.63) is 17.7 Å². The molecule has 1 aliphatic carbocycles. The van der Waals surface area contributed by atoms with E-state index < -0.39 is 42.0 Å². The number of alkyl halides is 6. The number of hydrogen-bond donors (Lipinski definition) is 4. The van der Waals surface area contributed by atoms with Crippen molar-refractivity contribution in [3.8, 4) is 0 Å². The largest absolute Gasteiger partial charge is 0.397 e. The highest BCUT2D eigenvalue weighted by atomic mass is 19.4. The van der Waals surface area contributed by atoms with Gasteiger partial charge in [0.1, 0.15) is 0 Å². The third kappa shape index (κ3) is 7.10. The maximum atomic E-state index is 13.2. The zero-order valence-corrected chi connectivity index (χ0v) is 19.6. The maximum absolute atomic E-state index is 13.2. The molecule has 0 atom stereocenters. The van der Waals surface area contributed by atoms with Crippen LogP contribution in [-0.2, 0) is 4.79 Å². The molecule has 2 amide bonds. The zero-order chi connectivity index (χ0) is 26.7. The molecule has 36 heavy (non-hydrogen) atoms. The van der Waals surface area contributed by atoms with Crippen LogP contribution in [0, 0.1) is 11.8 Å². The predicted molar refractivity (Wildman–Crippen MR) is 123 cm³/mol. The summed E-state index contributed by atoms with van der Waals surface area (Å²) in [5.74, 6) is -3.91. The fraction of sp³-hybridized carbons (Fsp3) is 0.652. The van der Waals surface area contributed by atoms with E-state index in [1.54, 1.807) is 11.0 Å². The van der Waals surface area contributed by atoms with E-state index in [0.717, 1.165) is 0 Å². The number of benzene rings is 1. The molecule has 1 aliphatic heterocycles. The summed E-state index contributed by atoms with van der Waals surface area (Å²) in [7, 11) is 0. The number of piperidine rings is 1. The van der Waals surface area contributed by atoms with Crippen molar-refractivity contribution in [2.75, 3.05) is 35.6 Å². The Bertz CT molecular complexity index is 936. The van der Waals surface area contributed by atoms with Gasteiger partial charge in [0.2, 0.25) is 5.91 Å². The van der Waals surface area contributed by atoms with Crippen molar-refractivity contribution in [2.45, 2.75) is 63.3 Å². The molecule has 2 fully saturated rings. The molecule has 1 saturated carbocycles. The van der Waals surface area contributed by atoms with Crippen LogP contribution in [0.15, 0.2) is 12.1 Å². The number of carbonyl (C=O) groups is 2. The lowest BCUT2D eigenvalue weighted by atomic mass is 9.85. The fourth-order valence-electron chi connectivity index (χ4n) is 4.80. The molecular formula is C23H31F6N5O2. The Labute approximate surface area is 204 Å². The summed E-state index contributed by atoms with van der Waals surface area (Å²) in [4.78, 5) is 25.9. The Morgan fingerprint density at radius 2 is 1.47 bits per heavy atom. The van der Waals surface area contributed by atoms with Crippen molar-refractivity contribution >= 4 is 28.9 Å². The highest BCUT2D eigenvalue weighted by molar-refractivity contribution is 6.02. The normalized spacial score (nSPS) is 21.8. The Morgan fingerprint density at radius 3 is 2.00 bits per heavy atom. The summed E-state index contributed by atoms with van der Waals surface area (Å²) in [6.45, 7) is 0.292. The van der Waals surface area contributed by atoms with Crippen LogP contribution in [0.3, 0.4) is 0 Å². The number of anilines is 3. The van der Waals surface area contributed by atoms with E-state index in [0.29, 0.717) is 11.4 Å². The first-order valence-electron chi connectivity index (χ1n) is 11.9. The third-order valence-electron chi connectivity index (χ3n) is 6.92. The first-order chi connectivity index (χ1) is 16.8. The smallest absolute Gasteiger partial charge is 0.391 e. The second-order valence-electron chi connectivity index (χ2n) is 9.47. The number of nitrogens with one attached hydrogen (secondary N) is 2. The van der Waals surface area contributed by atoms with Gasteiger partial charge in [-0.1, -0.05) is 0 Å². The SMILES string of the molecule is NC(=O)CCNc1cc(N2CCC(C(F)(F)F)CC2)c(C(=O)NC2CCC(C(F)(F)F)CC2)cc1N. The van der Waals surface area contributed by atoms with Gasteiger partial charge in [0.05, 0.1) is 34.5 Å². The van der Waals surface area contributed by atoms with E-state index >= 15 is 0 Å². The second kappa shape index (κ2) is 11.0. The Morgan fingerprint density at radius 1 is 0.917 bits per heavy atom. The summed E-state index contributed by atoms with van der Waals surface area (Å²) in [6, 6.07) is 2.50. The van der Waals surface area contributed by atoms with Gasteiger partial charge >= 0.3 is 12.4 Å². The number of nitrogens with zero attached hydrogens (tertiary/aromatic N) is 1. The minimum Gasteiger partial charge on any atom is -0.397 e. The van der Waals surface area contributed by atoms with Crippen LogP contribution in [0.25, 0.3) is 0 Å². The third-order valence-corrected chi connectivity index (χ3v) is 6.92. The summed E-state index contributed by atoms with van der Waals surface area (Å²) in [5.41, 5.74) is 12.3. The van der Waals surface area contributed by atoms with Gasteiger partial charge in [0.15, 0.2) is 0 Å².